The van der Waals surface area contributed by atoms with Crippen molar-refractivity contribution < 1.29 is 14.3 Å². The van der Waals surface area contributed by atoms with Gasteiger partial charge in [0.25, 0.3) is 5.91 Å². The second kappa shape index (κ2) is 8.86. The fraction of sp³-hybridized carbons (Fsp3) is 0.750. The maximum absolute atomic E-state index is 11.2. The second-order valence-corrected chi connectivity index (χ2v) is 3.56. The van der Waals surface area contributed by atoms with E-state index in [1.165, 1.54) is 0 Å². The summed E-state index contributed by atoms with van der Waals surface area (Å²) in [4.78, 5) is 21.9. The molecule has 0 aromatic carbocycles. The van der Waals surface area contributed by atoms with Crippen LogP contribution in [0.15, 0.2) is 0 Å². The van der Waals surface area contributed by atoms with Gasteiger partial charge in [0.2, 0.25) is 0 Å². The number of carbonyl (C=O) groups excluding carboxylic acids is 2. The summed E-state index contributed by atoms with van der Waals surface area (Å²) < 4.78 is 6.98. The Kier molecular flexibility index (Phi) is 8.62. The third-order valence-corrected chi connectivity index (χ3v) is 2.32. The van der Waals surface area contributed by atoms with Crippen LogP contribution in [0, 0.1) is 0 Å². The third-order valence-electron chi connectivity index (χ3n) is 1.72. The van der Waals surface area contributed by atoms with E-state index in [0.717, 1.165) is 12.8 Å². The van der Waals surface area contributed by atoms with Crippen molar-refractivity contribution in [2.75, 3.05) is 13.2 Å². The van der Waals surface area contributed by atoms with E-state index in [2.05, 4.69) is 8.27 Å². The van der Waals surface area contributed by atoms with E-state index in [1.54, 1.807) is 22.9 Å². The Labute approximate surface area is 103 Å². The highest BCUT2D eigenvalue weighted by molar-refractivity contribution is 14.1. The van der Waals surface area contributed by atoms with Crippen LogP contribution in [-0.2, 0) is 14.3 Å². The molecule has 0 aliphatic carbocycles. The molecular formula is C8H16IN3O3. The summed E-state index contributed by atoms with van der Waals surface area (Å²) in [6.07, 6.45) is 2.14. The van der Waals surface area contributed by atoms with Crippen LogP contribution in [0.5, 0.6) is 0 Å². The topological polar surface area (TPSA) is 107 Å². The molecule has 0 saturated carbocycles. The summed E-state index contributed by atoms with van der Waals surface area (Å²) in [5.41, 5.74) is 10.8. The van der Waals surface area contributed by atoms with E-state index >= 15 is 0 Å². The van der Waals surface area contributed by atoms with Crippen molar-refractivity contribution in [3.05, 3.63) is 0 Å². The van der Waals surface area contributed by atoms with Gasteiger partial charge in [0.15, 0.2) is 6.61 Å². The summed E-state index contributed by atoms with van der Waals surface area (Å²) >= 11 is 1.67. The highest BCUT2D eigenvalue weighted by Crippen LogP contribution is 1.99. The van der Waals surface area contributed by atoms with Crippen LogP contribution >= 0.6 is 22.9 Å². The third kappa shape index (κ3) is 7.51. The average molecular weight is 329 g/mol. The van der Waals surface area contributed by atoms with Crippen LogP contribution < -0.4 is 15.0 Å². The van der Waals surface area contributed by atoms with Crippen molar-refractivity contribution in [1.29, 1.82) is 0 Å². The Bertz CT molecular complexity index is 213. The molecule has 0 heterocycles. The fourth-order valence-electron chi connectivity index (χ4n) is 0.897. The highest BCUT2D eigenvalue weighted by Gasteiger charge is 2.15. The minimum atomic E-state index is -0.668. The lowest BCUT2D eigenvalue weighted by molar-refractivity contribution is -0.149. The maximum atomic E-state index is 11.2. The zero-order valence-corrected chi connectivity index (χ0v) is 10.5. The average Bonchev–Trinajstić information content (AvgIpc) is 2.25. The number of hydrogen-bond donors (Lipinski definition) is 3. The molecule has 1 unspecified atom stereocenters. The number of carbonyl (C=O) groups is 2. The lowest BCUT2D eigenvalue weighted by Gasteiger charge is -2.10. The molecule has 5 N–H and O–H groups in total. The van der Waals surface area contributed by atoms with Gasteiger partial charge in [-0.1, -0.05) is 6.42 Å². The largest absolute Gasteiger partial charge is 0.454 e. The molecule has 88 valence electrons. The first-order valence-electron chi connectivity index (χ1n) is 4.63. The number of nitrogens with one attached hydrogen (secondary N) is 1. The summed E-state index contributed by atoms with van der Waals surface area (Å²) in [7, 11) is 0. The first-order chi connectivity index (χ1) is 7.11. The van der Waals surface area contributed by atoms with Gasteiger partial charge in [-0.2, -0.15) is 0 Å². The molecule has 0 radical (unpaired) electrons. The lowest BCUT2D eigenvalue weighted by atomic mass is 10.1. The quantitative estimate of drug-likeness (QED) is 0.251. The van der Waals surface area contributed by atoms with Gasteiger partial charge in [0.1, 0.15) is 6.04 Å². The monoisotopic (exact) mass is 329 g/mol. The number of esters is 1. The smallest absolute Gasteiger partial charge is 0.323 e. The zero-order valence-electron chi connectivity index (χ0n) is 8.37. The van der Waals surface area contributed by atoms with E-state index in [-0.39, 0.29) is 12.5 Å². The van der Waals surface area contributed by atoms with Crippen LogP contribution in [0.2, 0.25) is 0 Å². The lowest BCUT2D eigenvalue weighted by Crippen LogP contribution is -2.34. The van der Waals surface area contributed by atoms with Gasteiger partial charge in [0.05, 0.1) is 22.9 Å². The van der Waals surface area contributed by atoms with Gasteiger partial charge < -0.3 is 16.2 Å². The molecular weight excluding hydrogens is 313 g/mol. The van der Waals surface area contributed by atoms with Gasteiger partial charge in [-0.05, 0) is 19.4 Å². The summed E-state index contributed by atoms with van der Waals surface area (Å²) in [5.74, 6) is -0.912. The first kappa shape index (κ1) is 14.6. The number of rotatable bonds is 7. The van der Waals surface area contributed by atoms with E-state index in [4.69, 9.17) is 11.5 Å². The molecule has 7 heteroatoms. The van der Waals surface area contributed by atoms with Gasteiger partial charge in [-0.25, -0.2) is 0 Å². The molecule has 0 bridgehead atoms. The van der Waals surface area contributed by atoms with Crippen LogP contribution in [0.25, 0.3) is 0 Å². The number of ether oxygens (including phenoxy) is 1. The SMILES string of the molecule is NCCCCC(N)C(=O)OCC(=O)NI. The molecule has 0 aliphatic heterocycles. The van der Waals surface area contributed by atoms with Crippen molar-refractivity contribution in [2.45, 2.75) is 25.3 Å². The highest BCUT2D eigenvalue weighted by atomic mass is 127. The van der Waals surface area contributed by atoms with E-state index in [1.807, 2.05) is 0 Å². The Morgan fingerprint density at radius 1 is 1.40 bits per heavy atom. The van der Waals surface area contributed by atoms with Crippen molar-refractivity contribution >= 4 is 34.7 Å². The normalized spacial score (nSPS) is 11.9. The Morgan fingerprint density at radius 3 is 2.60 bits per heavy atom. The predicted molar refractivity (Wildman–Crippen MR) is 64.0 cm³/mol. The Hall–Kier alpha value is -0.410. The van der Waals surface area contributed by atoms with Crippen LogP contribution in [0.1, 0.15) is 19.3 Å². The predicted octanol–water partition coefficient (Wildman–Crippen LogP) is -0.548. The van der Waals surface area contributed by atoms with Gasteiger partial charge >= 0.3 is 5.97 Å². The molecule has 0 aromatic heterocycles. The number of amides is 1. The van der Waals surface area contributed by atoms with Crippen molar-refractivity contribution in [1.82, 2.24) is 3.53 Å². The Balaban J connectivity index is 3.64. The van der Waals surface area contributed by atoms with Crippen molar-refractivity contribution in [2.24, 2.45) is 11.5 Å². The number of hydrogen-bond acceptors (Lipinski definition) is 5. The first-order valence-corrected chi connectivity index (χ1v) is 5.71. The van der Waals surface area contributed by atoms with E-state index < -0.39 is 12.0 Å². The minimum Gasteiger partial charge on any atom is -0.454 e. The number of nitrogens with two attached hydrogens (primary N) is 2. The van der Waals surface area contributed by atoms with Crippen LogP contribution in [-0.4, -0.2) is 31.1 Å². The molecule has 15 heavy (non-hydrogen) atoms. The molecule has 6 nitrogen and oxygen atoms in total. The molecule has 0 saturated heterocycles. The number of unbranched alkanes of at least 4 members (excludes halogenated alkanes) is 1. The van der Waals surface area contributed by atoms with E-state index in [9.17, 15) is 9.59 Å². The van der Waals surface area contributed by atoms with Gasteiger partial charge in [0, 0.05) is 0 Å². The number of halogens is 1. The standard InChI is InChI=1S/C8H16IN3O3/c9-12-7(13)5-15-8(14)6(11)3-1-2-4-10/h6H,1-5,10-11H2,(H,12,13). The fourth-order valence-corrected chi connectivity index (χ4v) is 1.05. The maximum Gasteiger partial charge on any atom is 0.323 e. The van der Waals surface area contributed by atoms with Crippen LogP contribution in [0.3, 0.4) is 0 Å². The minimum absolute atomic E-state index is 0.285. The van der Waals surface area contributed by atoms with E-state index in [0.29, 0.717) is 13.0 Å². The van der Waals surface area contributed by atoms with Gasteiger partial charge in [-0.3, -0.25) is 13.1 Å². The molecule has 0 spiro atoms. The van der Waals surface area contributed by atoms with Crippen LogP contribution in [0.4, 0.5) is 0 Å². The van der Waals surface area contributed by atoms with Crippen molar-refractivity contribution in [3.8, 4) is 0 Å². The van der Waals surface area contributed by atoms with Crippen molar-refractivity contribution in [3.63, 3.8) is 0 Å². The molecule has 0 fully saturated rings. The summed E-state index contributed by atoms with van der Waals surface area (Å²) in [6, 6.07) is -0.668. The second-order valence-electron chi connectivity index (χ2n) is 3.02. The molecule has 1 amide bonds. The molecule has 1 atom stereocenters. The van der Waals surface area contributed by atoms with Gasteiger partial charge in [-0.15, -0.1) is 0 Å². The Morgan fingerprint density at radius 2 is 2.07 bits per heavy atom. The summed E-state index contributed by atoms with van der Waals surface area (Å²) in [6.45, 7) is 0.297. The zero-order chi connectivity index (χ0) is 11.7. The molecule has 0 aromatic rings. The summed E-state index contributed by atoms with van der Waals surface area (Å²) in [5, 5.41) is 0. The molecule has 0 aliphatic rings. The molecule has 0 rings (SSSR count).